The van der Waals surface area contributed by atoms with Crippen LogP contribution in [0.25, 0.3) is 0 Å². The third kappa shape index (κ3) is 5.30. The van der Waals surface area contributed by atoms with Crippen molar-refractivity contribution in [2.75, 3.05) is 10.2 Å². The molecule has 2 unspecified atom stereocenters. The van der Waals surface area contributed by atoms with Gasteiger partial charge in [-0.3, -0.25) is 34.2 Å². The van der Waals surface area contributed by atoms with Gasteiger partial charge in [-0.1, -0.05) is 36.4 Å². The van der Waals surface area contributed by atoms with Gasteiger partial charge in [0.15, 0.2) is 0 Å². The molecule has 0 saturated heterocycles. The Balaban J connectivity index is 1.83. The number of nitro groups is 1. The van der Waals surface area contributed by atoms with Crippen LogP contribution in [0.5, 0.6) is 0 Å². The van der Waals surface area contributed by atoms with Crippen LogP contribution in [-0.2, 0) is 9.59 Å². The van der Waals surface area contributed by atoms with Crippen molar-refractivity contribution in [2.24, 2.45) is 0 Å². The number of hydrogen-bond acceptors (Lipinski definition) is 6. The minimum Gasteiger partial charge on any atom is -0.480 e. The molecule has 0 aliphatic carbocycles. The Morgan fingerprint density at radius 2 is 1.78 bits per heavy atom. The molecule has 0 aromatic heterocycles. The number of carboxylic acid groups (broad SMARTS) is 1. The fourth-order valence-corrected chi connectivity index (χ4v) is 4.05. The number of amides is 3. The Bertz CT molecular complexity index is 1410. The Morgan fingerprint density at radius 3 is 2.46 bits per heavy atom. The molecular weight excluding hydrogens is 480 g/mol. The van der Waals surface area contributed by atoms with Crippen molar-refractivity contribution in [1.29, 1.82) is 0 Å². The number of anilines is 2. The van der Waals surface area contributed by atoms with Gasteiger partial charge in [-0.15, -0.1) is 0 Å². The number of carbonyl (C=O) groups is 4. The molecule has 3 aromatic carbocycles. The quantitative estimate of drug-likeness (QED) is 0.343. The summed E-state index contributed by atoms with van der Waals surface area (Å²) in [5.41, 5.74) is 0.977. The van der Waals surface area contributed by atoms with Gasteiger partial charge in [0.2, 0.25) is 5.91 Å². The van der Waals surface area contributed by atoms with E-state index in [1.807, 2.05) is 0 Å². The number of carbonyl (C=O) groups excluding carboxylic acids is 3. The number of fused-ring (bicyclic) bond motifs is 1. The first-order chi connectivity index (χ1) is 17.7. The largest absolute Gasteiger partial charge is 0.480 e. The normalized spacial score (nSPS) is 15.5. The van der Waals surface area contributed by atoms with Crippen LogP contribution in [0.4, 0.5) is 17.1 Å². The topological polar surface area (TPSA) is 159 Å². The summed E-state index contributed by atoms with van der Waals surface area (Å²) in [4.78, 5) is 62.6. The molecule has 0 fully saturated rings. The van der Waals surface area contributed by atoms with Gasteiger partial charge in [-0.2, -0.15) is 0 Å². The Kier molecular flexibility index (Phi) is 6.96. The highest BCUT2D eigenvalue weighted by Crippen LogP contribution is 2.39. The van der Waals surface area contributed by atoms with E-state index in [1.165, 1.54) is 54.3 Å². The molecule has 3 amide bonds. The number of carboxylic acids is 1. The van der Waals surface area contributed by atoms with Crippen molar-refractivity contribution in [2.45, 2.75) is 25.4 Å². The summed E-state index contributed by atoms with van der Waals surface area (Å²) in [7, 11) is 0. The summed E-state index contributed by atoms with van der Waals surface area (Å²) in [6.45, 7) is 1.31. The first kappa shape index (κ1) is 25.0. The van der Waals surface area contributed by atoms with Crippen molar-refractivity contribution in [3.05, 3.63) is 99.6 Å². The van der Waals surface area contributed by atoms with Crippen molar-refractivity contribution >= 4 is 40.8 Å². The van der Waals surface area contributed by atoms with Gasteiger partial charge in [0.1, 0.15) is 6.04 Å². The first-order valence-corrected chi connectivity index (χ1v) is 11.3. The second-order valence-corrected chi connectivity index (χ2v) is 8.43. The number of non-ortho nitro benzene ring substituents is 1. The molecular formula is C26H22N4O7. The van der Waals surface area contributed by atoms with Gasteiger partial charge >= 0.3 is 5.97 Å². The first-order valence-electron chi connectivity index (χ1n) is 11.3. The van der Waals surface area contributed by atoms with Crippen LogP contribution in [0.2, 0.25) is 0 Å². The Labute approximate surface area is 210 Å². The van der Waals surface area contributed by atoms with Crippen LogP contribution in [0.15, 0.2) is 72.8 Å². The maximum Gasteiger partial charge on any atom is 0.325 e. The molecule has 3 N–H and O–H groups in total. The summed E-state index contributed by atoms with van der Waals surface area (Å²) >= 11 is 0. The van der Waals surface area contributed by atoms with Gasteiger partial charge < -0.3 is 15.7 Å². The van der Waals surface area contributed by atoms with Crippen molar-refractivity contribution in [3.63, 3.8) is 0 Å². The molecule has 0 saturated carbocycles. The standard InChI is InChI=1S/C26H22N4O7/c1-15(26(34)35)27-24(32)17-10-11-21-20(13-17)28-23(31)14-22(16-6-3-2-4-7-16)29(21)25(33)18-8-5-9-19(12-18)30(36)37/h2-13,15,22H,14H2,1H3,(H,27,32)(H,28,31)(H,34,35). The third-order valence-corrected chi connectivity index (χ3v) is 5.91. The van der Waals surface area contributed by atoms with Gasteiger partial charge in [0.05, 0.1) is 28.8 Å². The summed E-state index contributed by atoms with van der Waals surface area (Å²) < 4.78 is 0. The number of nitro benzene ring substituents is 1. The molecule has 3 aromatic rings. The number of benzene rings is 3. The van der Waals surface area contributed by atoms with Crippen LogP contribution in [0.1, 0.15) is 45.7 Å². The lowest BCUT2D eigenvalue weighted by atomic mass is 9.99. The number of nitrogens with one attached hydrogen (secondary N) is 2. The van der Waals surface area contributed by atoms with E-state index in [2.05, 4.69) is 10.6 Å². The number of aliphatic carboxylic acids is 1. The average Bonchev–Trinajstić information content (AvgIpc) is 3.03. The average molecular weight is 502 g/mol. The lowest BCUT2D eigenvalue weighted by molar-refractivity contribution is -0.384. The van der Waals surface area contributed by atoms with Gasteiger partial charge in [-0.05, 0) is 36.8 Å². The fraction of sp³-hybridized carbons (Fsp3) is 0.154. The van der Waals surface area contributed by atoms with E-state index < -0.39 is 40.7 Å². The summed E-state index contributed by atoms with van der Waals surface area (Å²) in [5, 5.41) is 25.5. The zero-order valence-electron chi connectivity index (χ0n) is 19.6. The van der Waals surface area contributed by atoms with E-state index in [1.54, 1.807) is 30.3 Å². The van der Waals surface area contributed by atoms with Crippen molar-refractivity contribution in [3.8, 4) is 0 Å². The molecule has 1 heterocycles. The summed E-state index contributed by atoms with van der Waals surface area (Å²) in [6.07, 6.45) is -0.114. The van der Waals surface area contributed by atoms with E-state index in [0.717, 1.165) is 0 Å². The number of hydrogen-bond donors (Lipinski definition) is 3. The predicted octanol–water partition coefficient (Wildman–Crippen LogP) is 3.53. The van der Waals surface area contributed by atoms with Crippen LogP contribution in [0, 0.1) is 10.1 Å². The number of rotatable bonds is 6. The zero-order chi connectivity index (χ0) is 26.7. The highest BCUT2D eigenvalue weighted by Gasteiger charge is 2.35. The van der Waals surface area contributed by atoms with E-state index in [9.17, 15) is 29.3 Å². The Hall–Kier alpha value is -5.06. The minimum atomic E-state index is -1.21. The zero-order valence-corrected chi connectivity index (χ0v) is 19.6. The molecule has 11 heteroatoms. The molecule has 1 aliphatic heterocycles. The lowest BCUT2D eigenvalue weighted by Crippen LogP contribution is -2.38. The highest BCUT2D eigenvalue weighted by molar-refractivity contribution is 6.12. The second kappa shape index (κ2) is 10.3. The van der Waals surface area contributed by atoms with E-state index in [4.69, 9.17) is 5.11 Å². The van der Waals surface area contributed by atoms with E-state index in [-0.39, 0.29) is 34.6 Å². The minimum absolute atomic E-state index is 0.0486. The van der Waals surface area contributed by atoms with Crippen molar-refractivity contribution in [1.82, 2.24) is 5.32 Å². The monoisotopic (exact) mass is 502 g/mol. The smallest absolute Gasteiger partial charge is 0.325 e. The molecule has 188 valence electrons. The number of nitrogens with zero attached hydrogens (tertiary/aromatic N) is 2. The van der Waals surface area contributed by atoms with Crippen LogP contribution < -0.4 is 15.5 Å². The molecule has 0 radical (unpaired) electrons. The lowest BCUT2D eigenvalue weighted by Gasteiger charge is -2.31. The maximum atomic E-state index is 13.8. The second-order valence-electron chi connectivity index (χ2n) is 8.43. The van der Waals surface area contributed by atoms with Crippen molar-refractivity contribution < 1.29 is 29.2 Å². The highest BCUT2D eigenvalue weighted by atomic mass is 16.6. The Morgan fingerprint density at radius 1 is 1.05 bits per heavy atom. The molecule has 37 heavy (non-hydrogen) atoms. The SMILES string of the molecule is CC(NC(=O)c1ccc2c(c1)NC(=O)CC(c1ccccc1)N2C(=O)c1cccc([N+](=O)[O-])c1)C(=O)O. The van der Waals surface area contributed by atoms with Gasteiger partial charge in [0, 0.05) is 23.3 Å². The molecule has 11 nitrogen and oxygen atoms in total. The van der Waals surface area contributed by atoms with Crippen LogP contribution in [0.3, 0.4) is 0 Å². The predicted molar refractivity (Wildman–Crippen MR) is 133 cm³/mol. The van der Waals surface area contributed by atoms with E-state index in [0.29, 0.717) is 5.56 Å². The summed E-state index contributed by atoms with van der Waals surface area (Å²) in [6, 6.07) is 16.5. The van der Waals surface area contributed by atoms with E-state index >= 15 is 0 Å². The van der Waals surface area contributed by atoms with Crippen LogP contribution >= 0.6 is 0 Å². The molecule has 2 atom stereocenters. The van der Waals surface area contributed by atoms with Gasteiger partial charge in [0.25, 0.3) is 17.5 Å². The van der Waals surface area contributed by atoms with Crippen LogP contribution in [-0.4, -0.2) is 39.8 Å². The molecule has 1 aliphatic rings. The molecule has 4 rings (SSSR count). The maximum absolute atomic E-state index is 13.8. The molecule has 0 spiro atoms. The third-order valence-electron chi connectivity index (χ3n) is 5.91. The summed E-state index contributed by atoms with van der Waals surface area (Å²) in [5.74, 6) is -2.88. The van der Waals surface area contributed by atoms with Gasteiger partial charge in [-0.25, -0.2) is 0 Å². The molecule has 0 bridgehead atoms. The fourth-order valence-electron chi connectivity index (χ4n) is 4.05.